The topological polar surface area (TPSA) is 53.4 Å². The highest BCUT2D eigenvalue weighted by atomic mass is 16.4. The number of aromatic nitrogens is 1. The minimum Gasteiger partial charge on any atom is -0.480 e. The van der Waals surface area contributed by atoms with E-state index in [1.807, 2.05) is 48.5 Å². The van der Waals surface area contributed by atoms with Crippen LogP contribution in [0.3, 0.4) is 0 Å². The van der Waals surface area contributed by atoms with Gasteiger partial charge in [0.2, 0.25) is 0 Å². The number of carbonyl (C=O) groups is 1. The zero-order valence-electron chi connectivity index (χ0n) is 17.2. The number of carboxylic acids is 1. The van der Waals surface area contributed by atoms with Crippen LogP contribution < -0.4 is 0 Å². The molecule has 0 spiro atoms. The van der Waals surface area contributed by atoms with Gasteiger partial charge >= 0.3 is 5.97 Å². The summed E-state index contributed by atoms with van der Waals surface area (Å²) in [4.78, 5) is 19.0. The Morgan fingerprint density at radius 2 is 1.58 bits per heavy atom. The number of nitrogens with zero attached hydrogens (tertiary/aromatic N) is 2. The maximum absolute atomic E-state index is 12.0. The highest BCUT2D eigenvalue weighted by Gasteiger charge is 2.37. The summed E-state index contributed by atoms with van der Waals surface area (Å²) in [5, 5.41) is 10.9. The van der Waals surface area contributed by atoms with Crippen LogP contribution >= 0.6 is 0 Å². The molecule has 1 N–H and O–H groups in total. The minimum atomic E-state index is -0.760. The molecular formula is C27H24N2O2. The minimum absolute atomic E-state index is 0.196. The lowest BCUT2D eigenvalue weighted by Crippen LogP contribution is -2.39. The first-order chi connectivity index (χ1) is 15.2. The molecule has 0 radical (unpaired) electrons. The molecule has 0 aliphatic carbocycles. The average Bonchev–Trinajstić information content (AvgIpc) is 3.30. The number of para-hydroxylation sites is 1. The molecule has 0 bridgehead atoms. The van der Waals surface area contributed by atoms with E-state index in [0.29, 0.717) is 6.42 Å². The van der Waals surface area contributed by atoms with Gasteiger partial charge < -0.3 is 5.11 Å². The predicted octanol–water partition coefficient (Wildman–Crippen LogP) is 5.54. The summed E-state index contributed by atoms with van der Waals surface area (Å²) in [7, 11) is 0. The Morgan fingerprint density at radius 1 is 0.871 bits per heavy atom. The molecule has 1 aliphatic heterocycles. The van der Waals surface area contributed by atoms with Crippen molar-refractivity contribution in [3.63, 3.8) is 0 Å². The SMILES string of the molecule is O=C(O)C1CCCN1C(c1ccc(-c2ccccc2)cc1)c1ccc2ccccc2n1. The zero-order valence-corrected chi connectivity index (χ0v) is 17.2. The van der Waals surface area contributed by atoms with Gasteiger partial charge in [0.15, 0.2) is 0 Å². The van der Waals surface area contributed by atoms with Gasteiger partial charge in [-0.15, -0.1) is 0 Å². The van der Waals surface area contributed by atoms with E-state index in [1.165, 1.54) is 5.56 Å². The van der Waals surface area contributed by atoms with Gasteiger partial charge in [0.25, 0.3) is 0 Å². The third-order valence-electron chi connectivity index (χ3n) is 6.14. The van der Waals surface area contributed by atoms with Crippen LogP contribution in [0.25, 0.3) is 22.0 Å². The summed E-state index contributed by atoms with van der Waals surface area (Å²) in [6.45, 7) is 0.747. The van der Waals surface area contributed by atoms with Gasteiger partial charge in [-0.1, -0.05) is 78.9 Å². The third-order valence-corrected chi connectivity index (χ3v) is 6.14. The van der Waals surface area contributed by atoms with Crippen LogP contribution in [0.4, 0.5) is 0 Å². The van der Waals surface area contributed by atoms with Gasteiger partial charge in [-0.2, -0.15) is 0 Å². The molecule has 2 unspecified atom stereocenters. The lowest BCUT2D eigenvalue weighted by molar-refractivity contribution is -0.142. The molecule has 1 aliphatic rings. The van der Waals surface area contributed by atoms with Crippen LogP contribution in [-0.4, -0.2) is 33.5 Å². The molecule has 0 saturated carbocycles. The fourth-order valence-electron chi connectivity index (χ4n) is 4.62. The Bertz CT molecular complexity index is 1200. The van der Waals surface area contributed by atoms with Gasteiger partial charge in [0, 0.05) is 11.9 Å². The molecule has 1 saturated heterocycles. The fraction of sp³-hybridized carbons (Fsp3) is 0.185. The molecule has 4 nitrogen and oxygen atoms in total. The van der Waals surface area contributed by atoms with E-state index in [-0.39, 0.29) is 6.04 Å². The number of aliphatic carboxylic acids is 1. The first-order valence-electron chi connectivity index (χ1n) is 10.7. The molecule has 5 rings (SSSR count). The van der Waals surface area contributed by atoms with Crippen molar-refractivity contribution in [2.24, 2.45) is 0 Å². The highest BCUT2D eigenvalue weighted by molar-refractivity contribution is 5.78. The van der Waals surface area contributed by atoms with E-state index in [9.17, 15) is 9.90 Å². The highest BCUT2D eigenvalue weighted by Crippen LogP contribution is 2.35. The van der Waals surface area contributed by atoms with Crippen LogP contribution in [-0.2, 0) is 4.79 Å². The Kier molecular flexibility index (Phi) is 5.23. The average molecular weight is 409 g/mol. The van der Waals surface area contributed by atoms with E-state index in [1.54, 1.807) is 0 Å². The predicted molar refractivity (Wildman–Crippen MR) is 123 cm³/mol. The molecule has 154 valence electrons. The van der Waals surface area contributed by atoms with Gasteiger partial charge in [-0.05, 0) is 41.7 Å². The quantitative estimate of drug-likeness (QED) is 0.471. The second-order valence-electron chi connectivity index (χ2n) is 8.05. The molecule has 3 aromatic carbocycles. The Labute approximate surface area is 181 Å². The molecule has 4 aromatic rings. The van der Waals surface area contributed by atoms with Crippen LogP contribution in [0.1, 0.15) is 30.1 Å². The van der Waals surface area contributed by atoms with E-state index < -0.39 is 12.0 Å². The molecule has 4 heteroatoms. The molecule has 2 atom stereocenters. The number of hydrogen-bond acceptors (Lipinski definition) is 3. The van der Waals surface area contributed by atoms with Gasteiger partial charge in [-0.25, -0.2) is 0 Å². The van der Waals surface area contributed by atoms with Crippen molar-refractivity contribution in [2.45, 2.75) is 24.9 Å². The summed E-state index contributed by atoms with van der Waals surface area (Å²) in [6, 6.07) is 30.2. The second kappa shape index (κ2) is 8.32. The summed E-state index contributed by atoms with van der Waals surface area (Å²) in [5.74, 6) is -0.760. The number of fused-ring (bicyclic) bond motifs is 1. The number of rotatable bonds is 5. The monoisotopic (exact) mass is 408 g/mol. The summed E-state index contributed by atoms with van der Waals surface area (Å²) < 4.78 is 0. The van der Waals surface area contributed by atoms with Crippen LogP contribution in [0.5, 0.6) is 0 Å². The maximum atomic E-state index is 12.0. The van der Waals surface area contributed by atoms with Crippen molar-refractivity contribution in [3.05, 3.63) is 102 Å². The van der Waals surface area contributed by atoms with Gasteiger partial charge in [0.05, 0.1) is 17.3 Å². The molecule has 1 aromatic heterocycles. The molecule has 2 heterocycles. The van der Waals surface area contributed by atoms with Crippen molar-refractivity contribution in [3.8, 4) is 11.1 Å². The Hall–Kier alpha value is -3.50. The van der Waals surface area contributed by atoms with E-state index >= 15 is 0 Å². The van der Waals surface area contributed by atoms with Gasteiger partial charge in [0.1, 0.15) is 6.04 Å². The van der Waals surface area contributed by atoms with E-state index in [4.69, 9.17) is 4.98 Å². The second-order valence-corrected chi connectivity index (χ2v) is 8.05. The first kappa shape index (κ1) is 19.5. The number of likely N-dealkylation sites (tertiary alicyclic amines) is 1. The molecular weight excluding hydrogens is 384 g/mol. The molecule has 0 amide bonds. The van der Waals surface area contributed by atoms with Crippen molar-refractivity contribution in [2.75, 3.05) is 6.54 Å². The van der Waals surface area contributed by atoms with Crippen LogP contribution in [0.2, 0.25) is 0 Å². The van der Waals surface area contributed by atoms with Crippen molar-refractivity contribution >= 4 is 16.9 Å². The van der Waals surface area contributed by atoms with Crippen LogP contribution in [0.15, 0.2) is 91.0 Å². The van der Waals surface area contributed by atoms with Gasteiger partial charge in [-0.3, -0.25) is 14.7 Å². The number of benzene rings is 3. The number of pyridine rings is 1. The molecule has 1 fully saturated rings. The van der Waals surface area contributed by atoms with E-state index in [2.05, 4.69) is 47.4 Å². The standard InChI is InChI=1S/C27H24N2O2/c30-27(31)25-11-6-18-29(25)26(24-17-16-21-9-4-5-10-23(21)28-24)22-14-12-20(13-15-22)19-7-2-1-3-8-19/h1-5,7-10,12-17,25-26H,6,11,18H2,(H,30,31). The fourth-order valence-corrected chi connectivity index (χ4v) is 4.62. The van der Waals surface area contributed by atoms with E-state index in [0.717, 1.165) is 40.7 Å². The smallest absolute Gasteiger partial charge is 0.320 e. The first-order valence-corrected chi connectivity index (χ1v) is 10.7. The lowest BCUT2D eigenvalue weighted by atomic mass is 9.96. The van der Waals surface area contributed by atoms with Crippen molar-refractivity contribution in [1.29, 1.82) is 0 Å². The maximum Gasteiger partial charge on any atom is 0.320 e. The lowest BCUT2D eigenvalue weighted by Gasteiger charge is -2.31. The van der Waals surface area contributed by atoms with Crippen molar-refractivity contribution < 1.29 is 9.90 Å². The van der Waals surface area contributed by atoms with Crippen LogP contribution in [0, 0.1) is 0 Å². The number of carboxylic acid groups (broad SMARTS) is 1. The largest absolute Gasteiger partial charge is 0.480 e. The Morgan fingerprint density at radius 3 is 2.35 bits per heavy atom. The zero-order chi connectivity index (χ0) is 21.2. The summed E-state index contributed by atoms with van der Waals surface area (Å²) in [6.07, 6.45) is 1.55. The molecule has 31 heavy (non-hydrogen) atoms. The third kappa shape index (κ3) is 3.82. The Balaban J connectivity index is 1.59. The normalized spacial score (nSPS) is 17.6. The summed E-state index contributed by atoms with van der Waals surface area (Å²) in [5.41, 5.74) is 5.19. The number of hydrogen-bond donors (Lipinski definition) is 1. The summed E-state index contributed by atoms with van der Waals surface area (Å²) >= 11 is 0. The van der Waals surface area contributed by atoms with Crippen molar-refractivity contribution in [1.82, 2.24) is 9.88 Å².